The number of hydrogen-bond donors (Lipinski definition) is 0. The summed E-state index contributed by atoms with van der Waals surface area (Å²) < 4.78 is 0. The quantitative estimate of drug-likeness (QED) is 0.843. The Hall–Kier alpha value is -2.17. The molecule has 0 N–H and O–H groups in total. The average Bonchev–Trinajstić information content (AvgIpc) is 2.55. The zero-order valence-corrected chi connectivity index (χ0v) is 13.8. The fraction of sp³-hybridized carbons (Fsp3) is 0.500. The molecule has 5 heteroatoms. The van der Waals surface area contributed by atoms with Gasteiger partial charge in [-0.3, -0.25) is 9.59 Å². The van der Waals surface area contributed by atoms with E-state index in [1.807, 2.05) is 36.1 Å². The molecule has 1 atom stereocenters. The second kappa shape index (κ2) is 6.52. The molecular formula is C18H23N3O2. The van der Waals surface area contributed by atoms with Gasteiger partial charge in [-0.1, -0.05) is 12.1 Å². The summed E-state index contributed by atoms with van der Waals surface area (Å²) in [7, 11) is 0. The van der Waals surface area contributed by atoms with Crippen molar-refractivity contribution in [3.63, 3.8) is 0 Å². The molecule has 1 saturated heterocycles. The molecule has 0 radical (unpaired) electrons. The van der Waals surface area contributed by atoms with Crippen LogP contribution in [0.1, 0.15) is 44.6 Å². The van der Waals surface area contributed by atoms with Crippen LogP contribution in [-0.4, -0.2) is 35.0 Å². The molecule has 0 aliphatic carbocycles. The van der Waals surface area contributed by atoms with E-state index < -0.39 is 0 Å². The van der Waals surface area contributed by atoms with Gasteiger partial charge in [0.15, 0.2) is 0 Å². The number of nitrogens with zero attached hydrogens (tertiary/aromatic N) is 3. The third-order valence-corrected chi connectivity index (χ3v) is 4.59. The molecule has 2 heterocycles. The highest BCUT2D eigenvalue weighted by atomic mass is 16.2. The zero-order chi connectivity index (χ0) is 16.4. The molecule has 1 fully saturated rings. The lowest BCUT2D eigenvalue weighted by Crippen LogP contribution is -2.47. The summed E-state index contributed by atoms with van der Waals surface area (Å²) >= 11 is 0. The Morgan fingerprint density at radius 2 is 2.09 bits per heavy atom. The van der Waals surface area contributed by atoms with E-state index in [0.717, 1.165) is 30.6 Å². The van der Waals surface area contributed by atoms with Crippen LogP contribution >= 0.6 is 0 Å². The van der Waals surface area contributed by atoms with E-state index >= 15 is 0 Å². The molecule has 0 unspecified atom stereocenters. The molecule has 2 aliphatic rings. The molecule has 5 nitrogen and oxygen atoms in total. The normalized spacial score (nSPS) is 22.1. The Morgan fingerprint density at radius 3 is 2.83 bits per heavy atom. The van der Waals surface area contributed by atoms with Crippen molar-refractivity contribution in [1.29, 1.82) is 0 Å². The highest BCUT2D eigenvalue weighted by Crippen LogP contribution is 2.23. The number of piperidine rings is 1. The molecule has 1 aromatic carbocycles. The van der Waals surface area contributed by atoms with Gasteiger partial charge in [0.2, 0.25) is 5.91 Å². The van der Waals surface area contributed by atoms with Crippen LogP contribution in [0, 0.1) is 6.92 Å². The standard InChI is InChI=1S/C18H23N3O2/c1-13-6-5-8-15(12-13)21-17(22)10-9-16(19-21)18(23)20-11-4-3-7-14(20)2/h5-6,8,12,14H,3-4,7,9-11H2,1-2H3/t14-/m0/s1. The highest BCUT2D eigenvalue weighted by molar-refractivity contribution is 6.40. The van der Waals surface area contributed by atoms with Gasteiger partial charge in [0.05, 0.1) is 5.69 Å². The number of benzene rings is 1. The van der Waals surface area contributed by atoms with E-state index in [-0.39, 0.29) is 17.9 Å². The van der Waals surface area contributed by atoms with Crippen LogP contribution in [0.4, 0.5) is 5.69 Å². The number of hydrogen-bond acceptors (Lipinski definition) is 3. The van der Waals surface area contributed by atoms with Crippen molar-refractivity contribution in [3.8, 4) is 0 Å². The lowest BCUT2D eigenvalue weighted by Gasteiger charge is -2.34. The second-order valence-electron chi connectivity index (χ2n) is 6.43. The third kappa shape index (κ3) is 3.28. The van der Waals surface area contributed by atoms with Crippen molar-refractivity contribution in [3.05, 3.63) is 29.8 Å². The largest absolute Gasteiger partial charge is 0.335 e. The van der Waals surface area contributed by atoms with Gasteiger partial charge in [-0.15, -0.1) is 0 Å². The number of aryl methyl sites for hydroxylation is 1. The minimum absolute atomic E-state index is 0.0117. The van der Waals surface area contributed by atoms with Crippen molar-refractivity contribution >= 4 is 23.2 Å². The number of rotatable bonds is 2. The maximum absolute atomic E-state index is 12.8. The monoisotopic (exact) mass is 313 g/mol. The van der Waals surface area contributed by atoms with Crippen molar-refractivity contribution in [2.24, 2.45) is 5.10 Å². The number of likely N-dealkylation sites (tertiary alicyclic amines) is 1. The predicted molar refractivity (Wildman–Crippen MR) is 90.4 cm³/mol. The lowest BCUT2D eigenvalue weighted by atomic mass is 10.0. The van der Waals surface area contributed by atoms with Crippen molar-refractivity contribution in [1.82, 2.24) is 4.90 Å². The molecule has 0 bridgehead atoms. The fourth-order valence-electron chi connectivity index (χ4n) is 3.23. The number of hydrazone groups is 1. The summed E-state index contributed by atoms with van der Waals surface area (Å²) in [5.41, 5.74) is 2.29. The van der Waals surface area contributed by atoms with Gasteiger partial charge in [-0.25, -0.2) is 5.01 Å². The first-order valence-corrected chi connectivity index (χ1v) is 8.34. The van der Waals surface area contributed by atoms with Crippen LogP contribution in [0.3, 0.4) is 0 Å². The Bertz CT molecular complexity index is 653. The fourth-order valence-corrected chi connectivity index (χ4v) is 3.23. The summed E-state index contributed by atoms with van der Waals surface area (Å²) in [5, 5.41) is 5.78. The van der Waals surface area contributed by atoms with Crippen LogP contribution in [0.15, 0.2) is 29.4 Å². The Labute approximate surface area is 137 Å². The SMILES string of the molecule is Cc1cccc(N2N=C(C(=O)N3CCCC[C@@H]3C)CCC2=O)c1. The van der Waals surface area contributed by atoms with Crippen LogP contribution in [0.2, 0.25) is 0 Å². The van der Waals surface area contributed by atoms with Crippen LogP contribution < -0.4 is 5.01 Å². The molecule has 0 aromatic heterocycles. The minimum atomic E-state index is -0.0566. The van der Waals surface area contributed by atoms with E-state index in [4.69, 9.17) is 0 Å². The van der Waals surface area contributed by atoms with E-state index in [1.165, 1.54) is 11.4 Å². The van der Waals surface area contributed by atoms with Crippen LogP contribution in [0.25, 0.3) is 0 Å². The summed E-state index contributed by atoms with van der Waals surface area (Å²) in [6, 6.07) is 7.90. The second-order valence-corrected chi connectivity index (χ2v) is 6.43. The smallest absolute Gasteiger partial charge is 0.270 e. The van der Waals surface area contributed by atoms with E-state index in [2.05, 4.69) is 12.0 Å². The van der Waals surface area contributed by atoms with Gasteiger partial charge in [-0.2, -0.15) is 5.10 Å². The maximum Gasteiger partial charge on any atom is 0.270 e. The van der Waals surface area contributed by atoms with E-state index in [9.17, 15) is 9.59 Å². The van der Waals surface area contributed by atoms with Gasteiger partial charge < -0.3 is 4.90 Å². The lowest BCUT2D eigenvalue weighted by molar-refractivity contribution is -0.127. The van der Waals surface area contributed by atoms with Gasteiger partial charge in [0.25, 0.3) is 5.91 Å². The van der Waals surface area contributed by atoms with Gasteiger partial charge in [0, 0.05) is 25.4 Å². The van der Waals surface area contributed by atoms with E-state index in [1.54, 1.807) is 0 Å². The maximum atomic E-state index is 12.8. The molecule has 23 heavy (non-hydrogen) atoms. The molecule has 2 aliphatic heterocycles. The molecule has 0 spiro atoms. The minimum Gasteiger partial charge on any atom is -0.335 e. The molecule has 0 saturated carbocycles. The Balaban J connectivity index is 1.86. The molecular weight excluding hydrogens is 290 g/mol. The van der Waals surface area contributed by atoms with Crippen LogP contribution in [-0.2, 0) is 9.59 Å². The average molecular weight is 313 g/mol. The number of carbonyl (C=O) groups is 2. The summed E-state index contributed by atoms with van der Waals surface area (Å²) in [5.74, 6) is -0.0683. The molecule has 2 amide bonds. The van der Waals surface area contributed by atoms with Gasteiger partial charge in [0.1, 0.15) is 5.71 Å². The van der Waals surface area contributed by atoms with Gasteiger partial charge >= 0.3 is 0 Å². The third-order valence-electron chi connectivity index (χ3n) is 4.59. The molecule has 1 aromatic rings. The predicted octanol–water partition coefficient (Wildman–Crippen LogP) is 2.88. The van der Waals surface area contributed by atoms with E-state index in [0.29, 0.717) is 18.6 Å². The Morgan fingerprint density at radius 1 is 1.26 bits per heavy atom. The molecule has 3 rings (SSSR count). The molecule has 122 valence electrons. The van der Waals surface area contributed by atoms with Crippen molar-refractivity contribution < 1.29 is 9.59 Å². The first-order chi connectivity index (χ1) is 11.1. The number of carbonyl (C=O) groups excluding carboxylic acids is 2. The zero-order valence-electron chi connectivity index (χ0n) is 13.8. The summed E-state index contributed by atoms with van der Waals surface area (Å²) in [6.07, 6.45) is 4.03. The van der Waals surface area contributed by atoms with Gasteiger partial charge in [-0.05, 0) is 50.8 Å². The van der Waals surface area contributed by atoms with Crippen molar-refractivity contribution in [2.45, 2.75) is 52.0 Å². The highest BCUT2D eigenvalue weighted by Gasteiger charge is 2.31. The van der Waals surface area contributed by atoms with Crippen molar-refractivity contribution in [2.75, 3.05) is 11.6 Å². The van der Waals surface area contributed by atoms with Crippen LogP contribution in [0.5, 0.6) is 0 Å². The number of anilines is 1. The first kappa shape index (κ1) is 15.7. The topological polar surface area (TPSA) is 53.0 Å². The number of amides is 2. The Kier molecular flexibility index (Phi) is 4.46. The summed E-state index contributed by atoms with van der Waals surface area (Å²) in [6.45, 7) is 4.85. The summed E-state index contributed by atoms with van der Waals surface area (Å²) in [4.78, 5) is 26.9. The first-order valence-electron chi connectivity index (χ1n) is 8.34.